The SMILES string of the molecule is C[C@H]1COc2ncc(F)cc2[C@H]2CCCN2c2ncc3ccn(c3n2)C(=O)N1. The smallest absolute Gasteiger partial charge is 0.327 e. The van der Waals surface area contributed by atoms with Crippen molar-refractivity contribution in [2.75, 3.05) is 18.1 Å². The van der Waals surface area contributed by atoms with Crippen molar-refractivity contribution in [1.29, 1.82) is 0 Å². The highest BCUT2D eigenvalue weighted by molar-refractivity contribution is 5.89. The van der Waals surface area contributed by atoms with E-state index < -0.39 is 5.82 Å². The fraction of sp³-hybridized carbons (Fsp3) is 0.368. The van der Waals surface area contributed by atoms with Crippen LogP contribution in [0.2, 0.25) is 0 Å². The van der Waals surface area contributed by atoms with Crippen LogP contribution in [0.1, 0.15) is 31.4 Å². The zero-order valence-corrected chi connectivity index (χ0v) is 15.3. The van der Waals surface area contributed by atoms with Gasteiger partial charge >= 0.3 is 6.03 Å². The minimum atomic E-state index is -0.412. The van der Waals surface area contributed by atoms with E-state index in [1.54, 1.807) is 12.4 Å². The van der Waals surface area contributed by atoms with Crippen molar-refractivity contribution in [1.82, 2.24) is 24.8 Å². The van der Waals surface area contributed by atoms with E-state index in [4.69, 9.17) is 4.74 Å². The van der Waals surface area contributed by atoms with Crippen LogP contribution in [-0.4, -0.2) is 44.7 Å². The molecule has 1 saturated heterocycles. The van der Waals surface area contributed by atoms with Gasteiger partial charge in [0.2, 0.25) is 11.8 Å². The van der Waals surface area contributed by atoms with Crippen LogP contribution in [0.15, 0.2) is 30.7 Å². The number of carbonyl (C=O) groups excluding carboxylic acids is 1. The first kappa shape index (κ1) is 16.9. The van der Waals surface area contributed by atoms with Crippen LogP contribution >= 0.6 is 0 Å². The summed E-state index contributed by atoms with van der Waals surface area (Å²) >= 11 is 0. The first-order chi connectivity index (χ1) is 13.6. The van der Waals surface area contributed by atoms with Gasteiger partial charge in [-0.15, -0.1) is 0 Å². The molecule has 0 radical (unpaired) electrons. The normalized spacial score (nSPS) is 21.9. The summed E-state index contributed by atoms with van der Waals surface area (Å²) < 4.78 is 21.3. The van der Waals surface area contributed by atoms with Crippen LogP contribution in [0.3, 0.4) is 0 Å². The highest BCUT2D eigenvalue weighted by Crippen LogP contribution is 2.38. The standard InChI is InChI=1S/C19H19FN6O2/c1-11-10-28-17-14(7-13(20)9-21-17)15-3-2-5-25(15)18-22-8-12-4-6-26(16(12)24-18)19(27)23-11/h4,6-9,11,15H,2-3,5,10H2,1H3,(H,23,27)/t11-,15+/m0/s1. The van der Waals surface area contributed by atoms with E-state index >= 15 is 0 Å². The molecular formula is C19H19FN6O2. The number of amides is 1. The number of hydrogen-bond donors (Lipinski definition) is 1. The lowest BCUT2D eigenvalue weighted by atomic mass is 10.1. The van der Waals surface area contributed by atoms with Gasteiger partial charge in [-0.1, -0.05) is 0 Å². The monoisotopic (exact) mass is 382 g/mol. The Bertz CT molecular complexity index is 1070. The Morgan fingerprint density at radius 1 is 1.32 bits per heavy atom. The summed E-state index contributed by atoms with van der Waals surface area (Å²) in [6.45, 7) is 2.79. The summed E-state index contributed by atoms with van der Waals surface area (Å²) in [5.41, 5.74) is 1.22. The summed E-state index contributed by atoms with van der Waals surface area (Å²) in [6, 6.07) is 2.57. The van der Waals surface area contributed by atoms with Crippen LogP contribution in [0.5, 0.6) is 5.88 Å². The third-order valence-corrected chi connectivity index (χ3v) is 5.19. The van der Waals surface area contributed by atoms with E-state index in [1.807, 2.05) is 17.9 Å². The second kappa shape index (κ2) is 6.43. The number of nitrogens with one attached hydrogen (secondary N) is 1. The average molecular weight is 382 g/mol. The van der Waals surface area contributed by atoms with Crippen molar-refractivity contribution >= 4 is 23.0 Å². The molecular weight excluding hydrogens is 363 g/mol. The molecule has 3 aromatic heterocycles. The third kappa shape index (κ3) is 2.74. The number of anilines is 1. The van der Waals surface area contributed by atoms with E-state index in [-0.39, 0.29) is 24.7 Å². The molecule has 2 bridgehead atoms. The molecule has 3 aromatic rings. The van der Waals surface area contributed by atoms with Gasteiger partial charge in [-0.05, 0) is 31.9 Å². The summed E-state index contributed by atoms with van der Waals surface area (Å²) in [7, 11) is 0. The van der Waals surface area contributed by atoms with Crippen molar-refractivity contribution in [3.05, 3.63) is 42.1 Å². The Morgan fingerprint density at radius 2 is 2.21 bits per heavy atom. The van der Waals surface area contributed by atoms with E-state index in [0.717, 1.165) is 31.0 Å². The van der Waals surface area contributed by atoms with Gasteiger partial charge < -0.3 is 15.0 Å². The zero-order chi connectivity index (χ0) is 19.3. The Labute approximate surface area is 160 Å². The molecule has 144 valence electrons. The Hall–Kier alpha value is -3.23. The molecule has 5 heterocycles. The maximum atomic E-state index is 14.0. The highest BCUT2D eigenvalue weighted by Gasteiger charge is 2.32. The Kier molecular flexibility index (Phi) is 3.88. The number of carbonyl (C=O) groups is 1. The fourth-order valence-corrected chi connectivity index (χ4v) is 3.87. The van der Waals surface area contributed by atoms with E-state index in [1.165, 1.54) is 10.6 Å². The van der Waals surface area contributed by atoms with Crippen molar-refractivity contribution < 1.29 is 13.9 Å². The Morgan fingerprint density at radius 3 is 3.11 bits per heavy atom. The molecule has 0 unspecified atom stereocenters. The molecule has 1 fully saturated rings. The summed E-state index contributed by atoms with van der Waals surface area (Å²) in [6.07, 6.45) is 6.27. The number of halogens is 1. The quantitative estimate of drug-likeness (QED) is 0.643. The van der Waals surface area contributed by atoms with E-state index in [0.29, 0.717) is 23.0 Å². The van der Waals surface area contributed by atoms with Crippen molar-refractivity contribution in [3.8, 4) is 5.88 Å². The van der Waals surface area contributed by atoms with E-state index in [2.05, 4.69) is 20.3 Å². The second-order valence-corrected chi connectivity index (χ2v) is 7.20. The van der Waals surface area contributed by atoms with Crippen LogP contribution < -0.4 is 15.0 Å². The molecule has 2 aliphatic rings. The van der Waals surface area contributed by atoms with Crippen molar-refractivity contribution in [2.24, 2.45) is 0 Å². The molecule has 1 N–H and O–H groups in total. The van der Waals surface area contributed by atoms with Gasteiger partial charge in [-0.2, -0.15) is 4.98 Å². The maximum absolute atomic E-state index is 14.0. The molecule has 9 heteroatoms. The molecule has 1 amide bonds. The summed E-state index contributed by atoms with van der Waals surface area (Å²) in [4.78, 5) is 28.0. The van der Waals surface area contributed by atoms with Gasteiger partial charge in [0.15, 0.2) is 5.65 Å². The number of pyridine rings is 1. The van der Waals surface area contributed by atoms with Gasteiger partial charge in [0, 0.05) is 29.9 Å². The molecule has 0 aromatic carbocycles. The number of ether oxygens (including phenoxy) is 1. The highest BCUT2D eigenvalue weighted by atomic mass is 19.1. The second-order valence-electron chi connectivity index (χ2n) is 7.20. The molecule has 2 atom stereocenters. The van der Waals surface area contributed by atoms with Gasteiger partial charge in [0.05, 0.1) is 18.3 Å². The average Bonchev–Trinajstić information content (AvgIpc) is 3.32. The maximum Gasteiger partial charge on any atom is 0.327 e. The molecule has 2 aliphatic heterocycles. The summed E-state index contributed by atoms with van der Waals surface area (Å²) in [5, 5.41) is 3.67. The van der Waals surface area contributed by atoms with Crippen molar-refractivity contribution in [2.45, 2.75) is 31.8 Å². The number of rotatable bonds is 0. The predicted octanol–water partition coefficient (Wildman–Crippen LogP) is 2.65. The number of nitrogens with zero attached hydrogens (tertiary/aromatic N) is 5. The number of aromatic nitrogens is 4. The van der Waals surface area contributed by atoms with Gasteiger partial charge in [0.1, 0.15) is 12.4 Å². The molecule has 8 nitrogen and oxygen atoms in total. The third-order valence-electron chi connectivity index (χ3n) is 5.19. The van der Waals surface area contributed by atoms with Crippen LogP contribution in [0.4, 0.5) is 15.1 Å². The van der Waals surface area contributed by atoms with Crippen molar-refractivity contribution in [3.63, 3.8) is 0 Å². The van der Waals surface area contributed by atoms with Crippen LogP contribution in [0.25, 0.3) is 11.0 Å². The van der Waals surface area contributed by atoms with Crippen LogP contribution in [0, 0.1) is 5.82 Å². The van der Waals surface area contributed by atoms with Gasteiger partial charge in [-0.3, -0.25) is 4.57 Å². The molecule has 5 rings (SSSR count). The van der Waals surface area contributed by atoms with Gasteiger partial charge in [-0.25, -0.2) is 19.2 Å². The molecule has 0 aliphatic carbocycles. The minimum absolute atomic E-state index is 0.140. The molecule has 28 heavy (non-hydrogen) atoms. The lowest BCUT2D eigenvalue weighted by Gasteiger charge is -2.26. The molecule has 0 spiro atoms. The van der Waals surface area contributed by atoms with E-state index in [9.17, 15) is 9.18 Å². The predicted molar refractivity (Wildman–Crippen MR) is 99.9 cm³/mol. The number of fused-ring (bicyclic) bond motifs is 5. The minimum Gasteiger partial charge on any atom is -0.475 e. The lowest BCUT2D eigenvalue weighted by Crippen LogP contribution is -2.39. The molecule has 0 saturated carbocycles. The van der Waals surface area contributed by atoms with Crippen LogP contribution in [-0.2, 0) is 0 Å². The number of hydrogen-bond acceptors (Lipinski definition) is 6. The zero-order valence-electron chi connectivity index (χ0n) is 15.3. The Balaban J connectivity index is 1.69. The lowest BCUT2D eigenvalue weighted by molar-refractivity contribution is 0.225. The first-order valence-corrected chi connectivity index (χ1v) is 9.30. The van der Waals surface area contributed by atoms with Gasteiger partial charge in [0.25, 0.3) is 0 Å². The summed E-state index contributed by atoms with van der Waals surface area (Å²) in [5.74, 6) is 0.467. The first-order valence-electron chi connectivity index (χ1n) is 9.30. The fourth-order valence-electron chi connectivity index (χ4n) is 3.87. The largest absolute Gasteiger partial charge is 0.475 e. The topological polar surface area (TPSA) is 85.2 Å².